The van der Waals surface area contributed by atoms with E-state index in [1.165, 1.54) is 31.4 Å². The summed E-state index contributed by atoms with van der Waals surface area (Å²) in [7, 11) is 0. The van der Waals surface area contributed by atoms with Gasteiger partial charge < -0.3 is 10.6 Å². The van der Waals surface area contributed by atoms with Gasteiger partial charge in [0.05, 0.1) is 0 Å². The van der Waals surface area contributed by atoms with Crippen molar-refractivity contribution < 1.29 is 0 Å². The molecule has 1 aromatic carbocycles. The standard InChI is InChI=1S/C16H26N2/c1-2-3-12-18(15-7-5-4-6-8-15)13-11-16(17)14-9-10-14/h4-8,14,16H,2-3,9-13,17H2,1H3. The molecule has 0 spiro atoms. The van der Waals surface area contributed by atoms with Crippen LogP contribution in [0.3, 0.4) is 0 Å². The Balaban J connectivity index is 1.87. The number of anilines is 1. The Morgan fingerprint density at radius 3 is 2.56 bits per heavy atom. The number of nitrogens with two attached hydrogens (primary N) is 1. The molecule has 0 bridgehead atoms. The smallest absolute Gasteiger partial charge is 0.0366 e. The van der Waals surface area contributed by atoms with Crippen molar-refractivity contribution in [1.29, 1.82) is 0 Å². The normalized spacial score (nSPS) is 16.6. The second-order valence-corrected chi connectivity index (χ2v) is 5.47. The van der Waals surface area contributed by atoms with Crippen LogP contribution in [0.5, 0.6) is 0 Å². The summed E-state index contributed by atoms with van der Waals surface area (Å²) in [6, 6.07) is 11.1. The molecule has 2 heteroatoms. The number of unbranched alkanes of at least 4 members (excludes halogenated alkanes) is 1. The predicted octanol–water partition coefficient (Wildman–Crippen LogP) is 3.42. The molecule has 100 valence electrons. The molecule has 0 aromatic heterocycles. The molecule has 0 aliphatic heterocycles. The maximum atomic E-state index is 6.21. The van der Waals surface area contributed by atoms with E-state index in [0.29, 0.717) is 6.04 Å². The third kappa shape index (κ3) is 4.02. The van der Waals surface area contributed by atoms with Gasteiger partial charge in [0.2, 0.25) is 0 Å². The van der Waals surface area contributed by atoms with Gasteiger partial charge in [0.25, 0.3) is 0 Å². The average molecular weight is 246 g/mol. The van der Waals surface area contributed by atoms with Crippen molar-refractivity contribution in [3.63, 3.8) is 0 Å². The van der Waals surface area contributed by atoms with E-state index in [4.69, 9.17) is 5.73 Å². The lowest BCUT2D eigenvalue weighted by atomic mass is 10.1. The zero-order valence-electron chi connectivity index (χ0n) is 11.5. The highest BCUT2D eigenvalue weighted by atomic mass is 15.1. The van der Waals surface area contributed by atoms with Crippen LogP contribution in [-0.2, 0) is 0 Å². The highest BCUT2D eigenvalue weighted by molar-refractivity contribution is 5.45. The fraction of sp³-hybridized carbons (Fsp3) is 0.625. The summed E-state index contributed by atoms with van der Waals surface area (Å²) in [4.78, 5) is 2.49. The average Bonchev–Trinajstić information content (AvgIpc) is 3.24. The van der Waals surface area contributed by atoms with Gasteiger partial charge in [-0.05, 0) is 43.7 Å². The molecule has 2 nitrogen and oxygen atoms in total. The monoisotopic (exact) mass is 246 g/mol. The quantitative estimate of drug-likeness (QED) is 0.761. The van der Waals surface area contributed by atoms with Crippen LogP contribution in [0.1, 0.15) is 39.0 Å². The molecule has 0 saturated heterocycles. The molecule has 1 aliphatic carbocycles. The van der Waals surface area contributed by atoms with Crippen molar-refractivity contribution in [1.82, 2.24) is 0 Å². The number of hydrogen-bond donors (Lipinski definition) is 1. The van der Waals surface area contributed by atoms with Gasteiger partial charge in [-0.25, -0.2) is 0 Å². The van der Waals surface area contributed by atoms with E-state index in [-0.39, 0.29) is 0 Å². The summed E-state index contributed by atoms with van der Waals surface area (Å²) < 4.78 is 0. The van der Waals surface area contributed by atoms with Gasteiger partial charge in [0, 0.05) is 24.8 Å². The van der Waals surface area contributed by atoms with Gasteiger partial charge in [-0.2, -0.15) is 0 Å². The minimum absolute atomic E-state index is 0.415. The van der Waals surface area contributed by atoms with E-state index in [9.17, 15) is 0 Å². The van der Waals surface area contributed by atoms with Crippen molar-refractivity contribution in [3.05, 3.63) is 30.3 Å². The van der Waals surface area contributed by atoms with Gasteiger partial charge in [0.15, 0.2) is 0 Å². The Labute approximate surface area is 111 Å². The molecule has 1 unspecified atom stereocenters. The van der Waals surface area contributed by atoms with E-state index >= 15 is 0 Å². The molecule has 18 heavy (non-hydrogen) atoms. The van der Waals surface area contributed by atoms with Crippen LogP contribution in [-0.4, -0.2) is 19.1 Å². The zero-order chi connectivity index (χ0) is 12.8. The summed E-state index contributed by atoms with van der Waals surface area (Å²) in [5.74, 6) is 0.814. The maximum absolute atomic E-state index is 6.21. The fourth-order valence-electron chi connectivity index (χ4n) is 2.42. The number of benzene rings is 1. The molecule has 1 saturated carbocycles. The second kappa shape index (κ2) is 6.79. The molecular formula is C16H26N2. The van der Waals surface area contributed by atoms with Crippen LogP contribution in [0.4, 0.5) is 5.69 Å². The van der Waals surface area contributed by atoms with Crippen molar-refractivity contribution >= 4 is 5.69 Å². The molecule has 1 aromatic rings. The number of rotatable bonds is 8. The van der Waals surface area contributed by atoms with Gasteiger partial charge in [-0.1, -0.05) is 31.5 Å². The Bertz CT molecular complexity index is 332. The largest absolute Gasteiger partial charge is 0.371 e. The van der Waals surface area contributed by atoms with Crippen molar-refractivity contribution in [3.8, 4) is 0 Å². The van der Waals surface area contributed by atoms with Crippen LogP contribution in [0.25, 0.3) is 0 Å². The Morgan fingerprint density at radius 2 is 1.94 bits per heavy atom. The number of hydrogen-bond acceptors (Lipinski definition) is 2. The molecule has 0 amide bonds. The Hall–Kier alpha value is -1.02. The van der Waals surface area contributed by atoms with Gasteiger partial charge in [-0.15, -0.1) is 0 Å². The van der Waals surface area contributed by atoms with E-state index in [2.05, 4.69) is 42.2 Å². The van der Waals surface area contributed by atoms with Crippen LogP contribution in [0.15, 0.2) is 30.3 Å². The zero-order valence-corrected chi connectivity index (χ0v) is 11.5. The van der Waals surface area contributed by atoms with Crippen molar-refractivity contribution in [2.75, 3.05) is 18.0 Å². The first-order chi connectivity index (χ1) is 8.81. The van der Waals surface area contributed by atoms with Gasteiger partial charge >= 0.3 is 0 Å². The van der Waals surface area contributed by atoms with E-state index in [1.54, 1.807) is 0 Å². The Kier molecular flexibility index (Phi) is 5.06. The van der Waals surface area contributed by atoms with Gasteiger partial charge in [0.1, 0.15) is 0 Å². The summed E-state index contributed by atoms with van der Waals surface area (Å²) in [6.07, 6.45) is 6.33. The molecule has 2 rings (SSSR count). The number of para-hydroxylation sites is 1. The molecular weight excluding hydrogens is 220 g/mol. The molecule has 2 N–H and O–H groups in total. The van der Waals surface area contributed by atoms with Crippen molar-refractivity contribution in [2.45, 2.75) is 45.1 Å². The van der Waals surface area contributed by atoms with Crippen LogP contribution in [0.2, 0.25) is 0 Å². The SMILES string of the molecule is CCCCN(CCC(N)C1CC1)c1ccccc1. The highest BCUT2D eigenvalue weighted by Gasteiger charge is 2.28. The first-order valence-electron chi connectivity index (χ1n) is 7.37. The molecule has 1 fully saturated rings. The highest BCUT2D eigenvalue weighted by Crippen LogP contribution is 2.33. The lowest BCUT2D eigenvalue weighted by Crippen LogP contribution is -2.32. The van der Waals surface area contributed by atoms with E-state index in [0.717, 1.165) is 25.4 Å². The van der Waals surface area contributed by atoms with E-state index in [1.807, 2.05) is 0 Å². The fourth-order valence-corrected chi connectivity index (χ4v) is 2.42. The first kappa shape index (κ1) is 13.4. The lowest BCUT2D eigenvalue weighted by molar-refractivity contribution is 0.539. The topological polar surface area (TPSA) is 29.3 Å². The predicted molar refractivity (Wildman–Crippen MR) is 78.9 cm³/mol. The van der Waals surface area contributed by atoms with Crippen LogP contribution in [0, 0.1) is 5.92 Å². The first-order valence-corrected chi connectivity index (χ1v) is 7.37. The third-order valence-electron chi connectivity index (χ3n) is 3.86. The second-order valence-electron chi connectivity index (χ2n) is 5.47. The summed E-state index contributed by atoms with van der Waals surface area (Å²) in [5.41, 5.74) is 7.55. The molecule has 0 heterocycles. The Morgan fingerprint density at radius 1 is 1.22 bits per heavy atom. The third-order valence-corrected chi connectivity index (χ3v) is 3.86. The molecule has 1 atom stereocenters. The van der Waals surface area contributed by atoms with Crippen LogP contribution >= 0.6 is 0 Å². The summed E-state index contributed by atoms with van der Waals surface area (Å²) >= 11 is 0. The molecule has 1 aliphatic rings. The summed E-state index contributed by atoms with van der Waals surface area (Å²) in [6.45, 7) is 4.50. The van der Waals surface area contributed by atoms with E-state index < -0.39 is 0 Å². The number of nitrogens with zero attached hydrogens (tertiary/aromatic N) is 1. The minimum Gasteiger partial charge on any atom is -0.371 e. The van der Waals surface area contributed by atoms with Crippen LogP contribution < -0.4 is 10.6 Å². The molecule has 0 radical (unpaired) electrons. The lowest BCUT2D eigenvalue weighted by Gasteiger charge is -2.26. The van der Waals surface area contributed by atoms with Gasteiger partial charge in [-0.3, -0.25) is 0 Å². The summed E-state index contributed by atoms with van der Waals surface area (Å²) in [5, 5.41) is 0. The minimum atomic E-state index is 0.415. The van der Waals surface area contributed by atoms with Crippen molar-refractivity contribution in [2.24, 2.45) is 11.7 Å². The maximum Gasteiger partial charge on any atom is 0.0366 e.